The third kappa shape index (κ3) is 3.77. The Morgan fingerprint density at radius 2 is 1.41 bits per heavy atom. The fourth-order valence-corrected chi connectivity index (χ4v) is 1.90. The minimum atomic E-state index is 0.642. The maximum absolute atomic E-state index is 8.74. The largest absolute Gasteiger partial charge is 0.330 e. The Morgan fingerprint density at radius 3 is 2.00 bits per heavy atom. The molecule has 0 spiro atoms. The fourth-order valence-electron chi connectivity index (χ4n) is 1.56. The number of benzene rings is 2. The third-order valence-corrected chi connectivity index (χ3v) is 2.94. The van der Waals surface area contributed by atoms with Crippen LogP contribution in [0.4, 0.5) is 0 Å². The zero-order chi connectivity index (χ0) is 11.9. The van der Waals surface area contributed by atoms with E-state index in [1.54, 1.807) is 0 Å². The molecule has 0 atom stereocenters. The van der Waals surface area contributed by atoms with Crippen molar-refractivity contribution in [3.05, 3.63) is 71.3 Å². The minimum Gasteiger partial charge on any atom is -0.330 e. The van der Waals surface area contributed by atoms with Crippen molar-refractivity contribution < 1.29 is 4.55 Å². The zero-order valence-electron chi connectivity index (χ0n) is 9.41. The molecule has 2 heteroatoms. The van der Waals surface area contributed by atoms with E-state index in [1.165, 1.54) is 11.1 Å². The Morgan fingerprint density at radius 1 is 0.824 bits per heavy atom. The summed E-state index contributed by atoms with van der Waals surface area (Å²) in [6, 6.07) is 18.4. The fraction of sp³-hybridized carbons (Fsp3) is 0.0667. The first kappa shape index (κ1) is 12.0. The minimum absolute atomic E-state index is 0.642. The number of hydrogen-bond donors (Lipinski definition) is 1. The van der Waals surface area contributed by atoms with Gasteiger partial charge in [0, 0.05) is 5.75 Å². The zero-order valence-corrected chi connectivity index (χ0v) is 10.2. The van der Waals surface area contributed by atoms with Gasteiger partial charge in [-0.3, -0.25) is 0 Å². The molecular weight excluding hydrogens is 228 g/mol. The molecule has 2 aromatic rings. The quantitative estimate of drug-likeness (QED) is 0.626. The predicted molar refractivity (Wildman–Crippen MR) is 75.7 cm³/mol. The summed E-state index contributed by atoms with van der Waals surface area (Å²) in [5, 5.41) is 0. The second-order valence-corrected chi connectivity index (χ2v) is 4.31. The van der Waals surface area contributed by atoms with E-state index in [-0.39, 0.29) is 0 Å². The summed E-state index contributed by atoms with van der Waals surface area (Å²) in [7, 11) is 0. The lowest BCUT2D eigenvalue weighted by Gasteiger charge is -1.98. The predicted octanol–water partition coefficient (Wildman–Crippen LogP) is 4.56. The van der Waals surface area contributed by atoms with Crippen LogP contribution < -0.4 is 0 Å². The highest BCUT2D eigenvalue weighted by Gasteiger charge is 1.92. The first-order valence-electron chi connectivity index (χ1n) is 5.47. The van der Waals surface area contributed by atoms with E-state index in [9.17, 15) is 0 Å². The van der Waals surface area contributed by atoms with E-state index < -0.39 is 0 Å². The Balaban J connectivity index is 2.06. The highest BCUT2D eigenvalue weighted by atomic mass is 32.2. The van der Waals surface area contributed by atoms with Crippen molar-refractivity contribution in [3.8, 4) is 0 Å². The molecule has 2 aromatic carbocycles. The van der Waals surface area contributed by atoms with E-state index >= 15 is 0 Å². The molecule has 0 amide bonds. The molecule has 1 N–H and O–H groups in total. The van der Waals surface area contributed by atoms with Crippen LogP contribution in [0.1, 0.15) is 16.7 Å². The molecule has 0 aliphatic heterocycles. The van der Waals surface area contributed by atoms with Crippen molar-refractivity contribution in [2.45, 2.75) is 5.75 Å². The average molecular weight is 242 g/mol. The van der Waals surface area contributed by atoms with Crippen LogP contribution in [0.3, 0.4) is 0 Å². The van der Waals surface area contributed by atoms with Crippen molar-refractivity contribution in [2.75, 3.05) is 0 Å². The van der Waals surface area contributed by atoms with Crippen molar-refractivity contribution >= 4 is 24.2 Å². The second-order valence-electron chi connectivity index (χ2n) is 3.76. The van der Waals surface area contributed by atoms with Gasteiger partial charge in [-0.15, -0.1) is 0 Å². The van der Waals surface area contributed by atoms with Crippen molar-refractivity contribution in [3.63, 3.8) is 0 Å². The molecule has 17 heavy (non-hydrogen) atoms. The summed E-state index contributed by atoms with van der Waals surface area (Å²) in [5.74, 6) is 0.642. The highest BCUT2D eigenvalue weighted by molar-refractivity contribution is 7.92. The first-order chi connectivity index (χ1) is 8.38. The Labute approximate surface area is 106 Å². The SMILES string of the molecule is OSCc1ccc(/C=C/c2ccccc2)cc1. The van der Waals surface area contributed by atoms with E-state index in [2.05, 4.69) is 36.4 Å². The van der Waals surface area contributed by atoms with Crippen molar-refractivity contribution in [2.24, 2.45) is 0 Å². The molecule has 0 saturated heterocycles. The van der Waals surface area contributed by atoms with Gasteiger partial charge in [-0.25, -0.2) is 0 Å². The lowest BCUT2D eigenvalue weighted by atomic mass is 10.1. The molecule has 0 aliphatic rings. The van der Waals surface area contributed by atoms with E-state index in [0.29, 0.717) is 5.75 Å². The van der Waals surface area contributed by atoms with Crippen LogP contribution in [0, 0.1) is 0 Å². The Hall–Kier alpha value is -1.51. The second kappa shape index (κ2) is 6.28. The van der Waals surface area contributed by atoms with Gasteiger partial charge >= 0.3 is 0 Å². The molecule has 2 rings (SSSR count). The van der Waals surface area contributed by atoms with Gasteiger partial charge in [0.25, 0.3) is 0 Å². The standard InChI is InChI=1S/C15H14OS/c16-17-12-15-10-8-14(9-11-15)7-6-13-4-2-1-3-5-13/h1-11,16H,12H2/b7-6+. The van der Waals surface area contributed by atoms with Gasteiger partial charge in [0.1, 0.15) is 0 Å². The van der Waals surface area contributed by atoms with Gasteiger partial charge < -0.3 is 4.55 Å². The molecule has 0 unspecified atom stereocenters. The number of rotatable bonds is 4. The highest BCUT2D eigenvalue weighted by Crippen LogP contribution is 2.12. The van der Waals surface area contributed by atoms with Gasteiger partial charge in [0.05, 0.1) is 0 Å². The van der Waals surface area contributed by atoms with Crippen molar-refractivity contribution in [1.29, 1.82) is 0 Å². The van der Waals surface area contributed by atoms with Crippen LogP contribution in [0.25, 0.3) is 12.2 Å². The molecule has 0 aliphatic carbocycles. The topological polar surface area (TPSA) is 20.2 Å². The normalized spacial score (nSPS) is 10.9. The molecule has 0 bridgehead atoms. The average Bonchev–Trinajstić information content (AvgIpc) is 2.40. The lowest BCUT2D eigenvalue weighted by Crippen LogP contribution is -1.79. The van der Waals surface area contributed by atoms with Crippen LogP contribution in [-0.2, 0) is 5.75 Å². The monoisotopic (exact) mass is 242 g/mol. The Bertz CT molecular complexity index is 474. The molecule has 1 nitrogen and oxygen atoms in total. The van der Waals surface area contributed by atoms with Crippen LogP contribution >= 0.6 is 12.0 Å². The summed E-state index contributed by atoms with van der Waals surface area (Å²) >= 11 is 0.853. The van der Waals surface area contributed by atoms with Gasteiger partial charge in [-0.05, 0) is 28.7 Å². The van der Waals surface area contributed by atoms with Gasteiger partial charge in [-0.2, -0.15) is 0 Å². The van der Waals surface area contributed by atoms with Gasteiger partial charge in [0.15, 0.2) is 0 Å². The van der Waals surface area contributed by atoms with Crippen LogP contribution in [0.2, 0.25) is 0 Å². The molecule has 0 saturated carbocycles. The smallest absolute Gasteiger partial charge is 0.0446 e. The third-order valence-electron chi connectivity index (χ3n) is 2.48. The van der Waals surface area contributed by atoms with Crippen molar-refractivity contribution in [1.82, 2.24) is 0 Å². The molecular formula is C15H14OS. The molecule has 86 valence electrons. The number of hydrogen-bond acceptors (Lipinski definition) is 2. The molecule has 0 heterocycles. The van der Waals surface area contributed by atoms with E-state index in [1.807, 2.05) is 30.3 Å². The van der Waals surface area contributed by atoms with E-state index in [4.69, 9.17) is 4.55 Å². The summed E-state index contributed by atoms with van der Waals surface area (Å²) < 4.78 is 8.74. The lowest BCUT2D eigenvalue weighted by molar-refractivity contribution is 0.663. The van der Waals surface area contributed by atoms with Crippen LogP contribution in [0.5, 0.6) is 0 Å². The maximum atomic E-state index is 8.74. The first-order valence-corrected chi connectivity index (χ1v) is 6.41. The van der Waals surface area contributed by atoms with E-state index in [0.717, 1.165) is 17.6 Å². The summed E-state index contributed by atoms with van der Waals surface area (Å²) in [5.41, 5.74) is 3.50. The maximum Gasteiger partial charge on any atom is 0.0446 e. The van der Waals surface area contributed by atoms with Gasteiger partial charge in [0.2, 0.25) is 0 Å². The molecule has 0 radical (unpaired) electrons. The van der Waals surface area contributed by atoms with Crippen LogP contribution in [-0.4, -0.2) is 4.55 Å². The molecule has 0 aromatic heterocycles. The summed E-state index contributed by atoms with van der Waals surface area (Å²) in [4.78, 5) is 0. The summed E-state index contributed by atoms with van der Waals surface area (Å²) in [6.07, 6.45) is 4.18. The summed E-state index contributed by atoms with van der Waals surface area (Å²) in [6.45, 7) is 0. The molecule has 0 fully saturated rings. The van der Waals surface area contributed by atoms with Gasteiger partial charge in [-0.1, -0.05) is 66.7 Å². The van der Waals surface area contributed by atoms with Crippen LogP contribution in [0.15, 0.2) is 54.6 Å². The Kier molecular flexibility index (Phi) is 4.42.